The minimum absolute atomic E-state index is 0.0230. The van der Waals surface area contributed by atoms with Gasteiger partial charge in [0.1, 0.15) is 6.04 Å². The molecule has 0 aliphatic carbocycles. The number of anilines is 1. The van der Waals surface area contributed by atoms with E-state index in [1.165, 1.54) is 0 Å². The molecular weight excluding hydrogens is 480 g/mol. The zero-order chi connectivity index (χ0) is 25.8. The van der Waals surface area contributed by atoms with E-state index in [2.05, 4.69) is 15.7 Å². The third kappa shape index (κ3) is 3.83. The molecule has 2 aromatic rings. The van der Waals surface area contributed by atoms with E-state index < -0.39 is 35.8 Å². The zero-order valence-electron chi connectivity index (χ0n) is 19.9. The number of benzene rings is 1. The van der Waals surface area contributed by atoms with Gasteiger partial charge in [0.2, 0.25) is 11.8 Å². The topological polar surface area (TPSA) is 154 Å². The normalized spacial score (nSPS) is 26.9. The Morgan fingerprint density at radius 2 is 1.81 bits per heavy atom. The van der Waals surface area contributed by atoms with Crippen LogP contribution in [0, 0.1) is 0 Å². The van der Waals surface area contributed by atoms with Crippen LogP contribution in [0.5, 0.6) is 0 Å². The van der Waals surface area contributed by atoms with Crippen molar-refractivity contribution in [1.82, 2.24) is 24.9 Å². The van der Waals surface area contributed by atoms with Gasteiger partial charge in [0, 0.05) is 42.5 Å². The number of fused-ring (bicyclic) bond motifs is 3. The maximum absolute atomic E-state index is 13.3. The van der Waals surface area contributed by atoms with Gasteiger partial charge in [-0.3, -0.25) is 34.1 Å². The van der Waals surface area contributed by atoms with Crippen LogP contribution in [0.25, 0.3) is 0 Å². The largest absolute Gasteiger partial charge is 0.465 e. The highest BCUT2D eigenvalue weighted by Crippen LogP contribution is 2.40. The summed E-state index contributed by atoms with van der Waals surface area (Å²) in [5, 5.41) is 19.4. The van der Waals surface area contributed by atoms with E-state index in [-0.39, 0.29) is 42.1 Å². The van der Waals surface area contributed by atoms with E-state index >= 15 is 0 Å². The number of amides is 5. The molecule has 0 radical (unpaired) electrons. The van der Waals surface area contributed by atoms with Crippen molar-refractivity contribution >= 4 is 35.4 Å². The van der Waals surface area contributed by atoms with E-state index in [9.17, 15) is 29.1 Å². The fourth-order valence-electron chi connectivity index (χ4n) is 6.20. The number of carbonyl (C=O) groups is 5. The summed E-state index contributed by atoms with van der Waals surface area (Å²) in [6.07, 6.45) is 6.21. The van der Waals surface area contributed by atoms with Crippen molar-refractivity contribution in [3.05, 3.63) is 47.3 Å². The lowest BCUT2D eigenvalue weighted by molar-refractivity contribution is -0.136. The smallest absolute Gasteiger partial charge is 0.407 e. The van der Waals surface area contributed by atoms with Gasteiger partial charge in [-0.15, -0.1) is 0 Å². The number of hydrogen-bond acceptors (Lipinski definition) is 7. The first-order valence-corrected chi connectivity index (χ1v) is 12.4. The fourth-order valence-corrected chi connectivity index (χ4v) is 6.20. The highest BCUT2D eigenvalue weighted by molar-refractivity contribution is 6.25. The van der Waals surface area contributed by atoms with E-state index in [1.54, 1.807) is 29.3 Å². The first-order chi connectivity index (χ1) is 17.8. The molecule has 4 aliphatic heterocycles. The SMILES string of the molecule is O=C1CCC(N2C(=O)c3cccc(NCc4cnn(C5CC6CCC(C5)N6C(=O)O)c4)c3C2=O)C(=O)N1. The first-order valence-electron chi connectivity index (χ1n) is 12.4. The average molecular weight is 507 g/mol. The van der Waals surface area contributed by atoms with Gasteiger partial charge in [-0.05, 0) is 44.2 Å². The summed E-state index contributed by atoms with van der Waals surface area (Å²) >= 11 is 0. The summed E-state index contributed by atoms with van der Waals surface area (Å²) in [7, 11) is 0. The second kappa shape index (κ2) is 8.71. The van der Waals surface area contributed by atoms with Crippen LogP contribution >= 0.6 is 0 Å². The molecule has 12 nitrogen and oxygen atoms in total. The van der Waals surface area contributed by atoms with E-state index in [1.807, 2.05) is 10.9 Å². The van der Waals surface area contributed by atoms with Crippen molar-refractivity contribution in [2.24, 2.45) is 0 Å². The van der Waals surface area contributed by atoms with Gasteiger partial charge in [0.15, 0.2) is 0 Å². The fraction of sp³-hybridized carbons (Fsp3) is 0.440. The summed E-state index contributed by atoms with van der Waals surface area (Å²) in [5.41, 5.74) is 1.79. The van der Waals surface area contributed by atoms with Crippen LogP contribution < -0.4 is 10.6 Å². The van der Waals surface area contributed by atoms with Gasteiger partial charge >= 0.3 is 6.09 Å². The Morgan fingerprint density at radius 3 is 2.51 bits per heavy atom. The molecule has 3 N–H and O–H groups in total. The van der Waals surface area contributed by atoms with Gasteiger partial charge < -0.3 is 15.3 Å². The summed E-state index contributed by atoms with van der Waals surface area (Å²) in [5.74, 6) is -2.17. The van der Waals surface area contributed by atoms with Crippen molar-refractivity contribution in [3.8, 4) is 0 Å². The Bertz CT molecular complexity index is 1320. The van der Waals surface area contributed by atoms with Gasteiger partial charge in [-0.1, -0.05) is 6.07 Å². The molecule has 1 aromatic carbocycles. The Morgan fingerprint density at radius 1 is 1.05 bits per heavy atom. The van der Waals surface area contributed by atoms with Crippen LogP contribution in [-0.2, 0) is 16.1 Å². The highest BCUT2D eigenvalue weighted by atomic mass is 16.4. The predicted octanol–water partition coefficient (Wildman–Crippen LogP) is 1.74. The van der Waals surface area contributed by atoms with Crippen LogP contribution in [0.1, 0.15) is 70.8 Å². The third-order valence-electron chi connectivity index (χ3n) is 7.91. The number of aromatic nitrogens is 2. The molecule has 12 heteroatoms. The molecule has 2 bridgehead atoms. The first kappa shape index (κ1) is 23.2. The molecule has 0 saturated carbocycles. The molecule has 37 heavy (non-hydrogen) atoms. The number of nitrogens with one attached hydrogen (secondary N) is 2. The Balaban J connectivity index is 1.15. The maximum Gasteiger partial charge on any atom is 0.407 e. The average Bonchev–Trinajstić information content (AvgIpc) is 3.52. The van der Waals surface area contributed by atoms with Gasteiger partial charge in [-0.2, -0.15) is 5.10 Å². The van der Waals surface area contributed by atoms with Gasteiger partial charge in [0.05, 0.1) is 23.4 Å². The van der Waals surface area contributed by atoms with Crippen molar-refractivity contribution in [2.45, 2.75) is 69.2 Å². The standard InChI is InChI=1S/C25H26N6O6/c32-20-7-6-19(22(33)28-20)31-23(34)17-2-1-3-18(21(17)24(31)35)26-10-13-11-27-29(12-13)16-8-14-4-5-15(9-16)30(14)25(36)37/h1-3,11-12,14-16,19,26H,4-10H2,(H,36,37)(H,28,32,33). The van der Waals surface area contributed by atoms with Crippen LogP contribution in [0.2, 0.25) is 0 Å². The predicted molar refractivity (Wildman–Crippen MR) is 128 cm³/mol. The van der Waals surface area contributed by atoms with Gasteiger partial charge in [-0.25, -0.2) is 4.79 Å². The molecule has 0 spiro atoms. The number of carboxylic acid groups (broad SMARTS) is 1. The minimum Gasteiger partial charge on any atom is -0.465 e. The maximum atomic E-state index is 13.3. The van der Waals surface area contributed by atoms with E-state index in [0.29, 0.717) is 12.2 Å². The molecule has 6 rings (SSSR count). The monoisotopic (exact) mass is 506 g/mol. The Hall–Kier alpha value is -4.22. The molecule has 5 heterocycles. The number of carbonyl (C=O) groups excluding carboxylic acids is 4. The zero-order valence-corrected chi connectivity index (χ0v) is 19.9. The molecule has 4 aliphatic rings. The third-order valence-corrected chi connectivity index (χ3v) is 7.91. The molecular formula is C25H26N6O6. The molecule has 3 atom stereocenters. The lowest BCUT2D eigenvalue weighted by Gasteiger charge is -2.37. The molecule has 192 valence electrons. The number of hydrogen-bond donors (Lipinski definition) is 3. The lowest BCUT2D eigenvalue weighted by Crippen LogP contribution is -2.54. The highest BCUT2D eigenvalue weighted by Gasteiger charge is 2.46. The van der Waals surface area contributed by atoms with Crippen molar-refractivity contribution < 1.29 is 29.1 Å². The number of nitrogens with zero attached hydrogens (tertiary/aromatic N) is 4. The summed E-state index contributed by atoms with van der Waals surface area (Å²) < 4.78 is 1.90. The van der Waals surface area contributed by atoms with Crippen LogP contribution in [0.4, 0.5) is 10.5 Å². The van der Waals surface area contributed by atoms with E-state index in [0.717, 1.165) is 36.1 Å². The molecule has 3 fully saturated rings. The second-order valence-electron chi connectivity index (χ2n) is 10.1. The summed E-state index contributed by atoms with van der Waals surface area (Å²) in [6, 6.07) is 4.10. The quantitative estimate of drug-likeness (QED) is 0.518. The van der Waals surface area contributed by atoms with Crippen molar-refractivity contribution in [3.63, 3.8) is 0 Å². The summed E-state index contributed by atoms with van der Waals surface area (Å²) in [6.45, 7) is 0.358. The number of rotatable bonds is 5. The number of imide groups is 2. The van der Waals surface area contributed by atoms with E-state index in [4.69, 9.17) is 0 Å². The second-order valence-corrected chi connectivity index (χ2v) is 10.1. The van der Waals surface area contributed by atoms with Crippen LogP contribution in [0.15, 0.2) is 30.6 Å². The minimum atomic E-state index is -1.01. The molecule has 5 amide bonds. The van der Waals surface area contributed by atoms with Crippen LogP contribution in [0.3, 0.4) is 0 Å². The molecule has 1 aromatic heterocycles. The van der Waals surface area contributed by atoms with Gasteiger partial charge in [0.25, 0.3) is 11.8 Å². The van der Waals surface area contributed by atoms with Crippen LogP contribution in [-0.4, -0.2) is 72.5 Å². The Kier molecular flexibility index (Phi) is 5.46. The summed E-state index contributed by atoms with van der Waals surface area (Å²) in [4.78, 5) is 64.2. The lowest BCUT2D eigenvalue weighted by atomic mass is 9.98. The Labute approximate surface area is 211 Å². The van der Waals surface area contributed by atoms with Crippen molar-refractivity contribution in [1.29, 1.82) is 0 Å². The number of piperidine rings is 2. The molecule has 3 unspecified atom stereocenters. The van der Waals surface area contributed by atoms with Crippen molar-refractivity contribution in [2.75, 3.05) is 5.32 Å². The molecule has 3 saturated heterocycles.